The largest absolute Gasteiger partial charge is 0.492 e. The van der Waals surface area contributed by atoms with Crippen molar-refractivity contribution < 1.29 is 13.9 Å². The van der Waals surface area contributed by atoms with Crippen LogP contribution in [0.1, 0.15) is 15.9 Å². The lowest BCUT2D eigenvalue weighted by atomic mass is 10.2. The standard InChI is InChI=1S/C17H17ClFNO2/c1-12-4-3-5-14(10-12)22-9-8-20(2)17(21)15-7-6-13(19)11-16(15)18/h3-7,10-11H,8-9H2,1-2H3. The summed E-state index contributed by atoms with van der Waals surface area (Å²) in [6.45, 7) is 2.75. The van der Waals surface area contributed by atoms with Crippen LogP contribution in [0.25, 0.3) is 0 Å². The summed E-state index contributed by atoms with van der Waals surface area (Å²) in [5.41, 5.74) is 1.39. The molecular weight excluding hydrogens is 305 g/mol. The van der Waals surface area contributed by atoms with Gasteiger partial charge in [0.1, 0.15) is 18.2 Å². The molecule has 0 radical (unpaired) electrons. The predicted molar refractivity (Wildman–Crippen MR) is 85.0 cm³/mol. The number of benzene rings is 2. The average Bonchev–Trinajstić information content (AvgIpc) is 2.46. The Morgan fingerprint density at radius 2 is 2.05 bits per heavy atom. The number of aryl methyl sites for hydroxylation is 1. The van der Waals surface area contributed by atoms with E-state index in [0.717, 1.165) is 17.4 Å². The average molecular weight is 322 g/mol. The summed E-state index contributed by atoms with van der Waals surface area (Å²) in [6.07, 6.45) is 0. The van der Waals surface area contributed by atoms with Gasteiger partial charge < -0.3 is 9.64 Å². The molecule has 0 aliphatic rings. The third-order valence-electron chi connectivity index (χ3n) is 3.19. The van der Waals surface area contributed by atoms with Crippen LogP contribution in [0.2, 0.25) is 5.02 Å². The van der Waals surface area contributed by atoms with Crippen molar-refractivity contribution in [1.82, 2.24) is 4.90 Å². The Morgan fingerprint density at radius 3 is 2.73 bits per heavy atom. The van der Waals surface area contributed by atoms with E-state index >= 15 is 0 Å². The molecule has 0 unspecified atom stereocenters. The monoisotopic (exact) mass is 321 g/mol. The number of halogens is 2. The molecular formula is C17H17ClFNO2. The molecule has 0 aliphatic heterocycles. The Labute approximate surface area is 134 Å². The highest BCUT2D eigenvalue weighted by Crippen LogP contribution is 2.19. The fourth-order valence-electron chi connectivity index (χ4n) is 1.98. The van der Waals surface area contributed by atoms with E-state index in [2.05, 4.69) is 0 Å². The zero-order chi connectivity index (χ0) is 16.1. The van der Waals surface area contributed by atoms with Crippen molar-refractivity contribution in [3.63, 3.8) is 0 Å². The Balaban J connectivity index is 1.91. The normalized spacial score (nSPS) is 10.4. The molecule has 0 saturated heterocycles. The smallest absolute Gasteiger partial charge is 0.255 e. The maximum Gasteiger partial charge on any atom is 0.255 e. The van der Waals surface area contributed by atoms with Crippen LogP contribution in [0.5, 0.6) is 5.75 Å². The first-order valence-electron chi connectivity index (χ1n) is 6.87. The van der Waals surface area contributed by atoms with Crippen LogP contribution in [-0.2, 0) is 0 Å². The lowest BCUT2D eigenvalue weighted by Gasteiger charge is -2.18. The summed E-state index contributed by atoms with van der Waals surface area (Å²) in [6, 6.07) is 11.4. The highest BCUT2D eigenvalue weighted by molar-refractivity contribution is 6.33. The number of amides is 1. The van der Waals surface area contributed by atoms with Crippen LogP contribution in [0.3, 0.4) is 0 Å². The SMILES string of the molecule is Cc1cccc(OCCN(C)C(=O)c2ccc(F)cc2Cl)c1. The van der Waals surface area contributed by atoms with Crippen molar-refractivity contribution in [3.8, 4) is 5.75 Å². The van der Waals surface area contributed by atoms with E-state index in [-0.39, 0.29) is 16.5 Å². The third kappa shape index (κ3) is 4.21. The zero-order valence-corrected chi connectivity index (χ0v) is 13.2. The molecule has 2 rings (SSSR count). The maximum atomic E-state index is 13.0. The van der Waals surface area contributed by atoms with E-state index in [4.69, 9.17) is 16.3 Å². The van der Waals surface area contributed by atoms with Crippen LogP contribution >= 0.6 is 11.6 Å². The lowest BCUT2D eigenvalue weighted by molar-refractivity contribution is 0.0774. The fraction of sp³-hybridized carbons (Fsp3) is 0.235. The summed E-state index contributed by atoms with van der Waals surface area (Å²) in [4.78, 5) is 13.7. The van der Waals surface area contributed by atoms with Crippen LogP contribution in [0, 0.1) is 12.7 Å². The molecule has 5 heteroatoms. The van der Waals surface area contributed by atoms with Crippen molar-refractivity contribution in [1.29, 1.82) is 0 Å². The second-order valence-corrected chi connectivity index (χ2v) is 5.42. The number of likely N-dealkylation sites (N-methyl/N-ethyl adjacent to an activating group) is 1. The predicted octanol–water partition coefficient (Wildman–Crippen LogP) is 3.94. The molecule has 2 aromatic rings. The molecule has 116 valence electrons. The quantitative estimate of drug-likeness (QED) is 0.835. The minimum Gasteiger partial charge on any atom is -0.492 e. The van der Waals surface area contributed by atoms with Gasteiger partial charge in [-0.05, 0) is 42.8 Å². The van der Waals surface area contributed by atoms with Crippen molar-refractivity contribution >= 4 is 17.5 Å². The molecule has 0 heterocycles. The molecule has 0 bridgehead atoms. The van der Waals surface area contributed by atoms with Gasteiger partial charge in [-0.25, -0.2) is 4.39 Å². The first-order valence-corrected chi connectivity index (χ1v) is 7.25. The number of carbonyl (C=O) groups is 1. The van der Waals surface area contributed by atoms with Crippen molar-refractivity contribution in [2.75, 3.05) is 20.2 Å². The Bertz CT molecular complexity index is 675. The summed E-state index contributed by atoms with van der Waals surface area (Å²) >= 11 is 5.90. The van der Waals surface area contributed by atoms with Gasteiger partial charge in [-0.1, -0.05) is 23.7 Å². The Morgan fingerprint density at radius 1 is 1.27 bits per heavy atom. The lowest BCUT2D eigenvalue weighted by Crippen LogP contribution is -2.31. The van der Waals surface area contributed by atoms with Crippen LogP contribution < -0.4 is 4.74 Å². The molecule has 22 heavy (non-hydrogen) atoms. The van der Waals surface area contributed by atoms with Gasteiger partial charge in [-0.15, -0.1) is 0 Å². The number of hydrogen-bond donors (Lipinski definition) is 0. The van der Waals surface area contributed by atoms with Gasteiger partial charge in [-0.2, -0.15) is 0 Å². The number of ether oxygens (including phenoxy) is 1. The van der Waals surface area contributed by atoms with Gasteiger partial charge in [0.05, 0.1) is 17.1 Å². The molecule has 0 spiro atoms. The highest BCUT2D eigenvalue weighted by atomic mass is 35.5. The zero-order valence-electron chi connectivity index (χ0n) is 12.5. The van der Waals surface area contributed by atoms with Crippen molar-refractivity contribution in [2.24, 2.45) is 0 Å². The van der Waals surface area contributed by atoms with Gasteiger partial charge in [0.2, 0.25) is 0 Å². The van der Waals surface area contributed by atoms with E-state index in [1.165, 1.54) is 17.0 Å². The topological polar surface area (TPSA) is 29.5 Å². The summed E-state index contributed by atoms with van der Waals surface area (Å²) in [7, 11) is 1.65. The van der Waals surface area contributed by atoms with E-state index in [1.54, 1.807) is 7.05 Å². The summed E-state index contributed by atoms with van der Waals surface area (Å²) < 4.78 is 18.6. The molecule has 0 aliphatic carbocycles. The second-order valence-electron chi connectivity index (χ2n) is 5.02. The third-order valence-corrected chi connectivity index (χ3v) is 3.51. The number of hydrogen-bond acceptors (Lipinski definition) is 2. The molecule has 2 aromatic carbocycles. The molecule has 1 amide bonds. The first kappa shape index (κ1) is 16.3. The molecule has 3 nitrogen and oxygen atoms in total. The van der Waals surface area contributed by atoms with Crippen LogP contribution in [-0.4, -0.2) is 31.0 Å². The molecule has 0 N–H and O–H groups in total. The molecule has 0 saturated carbocycles. The van der Waals surface area contributed by atoms with Crippen molar-refractivity contribution in [2.45, 2.75) is 6.92 Å². The second kappa shape index (κ2) is 7.27. The van der Waals surface area contributed by atoms with Gasteiger partial charge in [0.15, 0.2) is 0 Å². The van der Waals surface area contributed by atoms with Crippen LogP contribution in [0.4, 0.5) is 4.39 Å². The van der Waals surface area contributed by atoms with Gasteiger partial charge in [-0.3, -0.25) is 4.79 Å². The summed E-state index contributed by atoms with van der Waals surface area (Å²) in [5, 5.41) is 0.108. The fourth-order valence-corrected chi connectivity index (χ4v) is 2.22. The highest BCUT2D eigenvalue weighted by Gasteiger charge is 2.15. The molecule has 0 fully saturated rings. The van der Waals surface area contributed by atoms with E-state index < -0.39 is 5.82 Å². The number of rotatable bonds is 5. The Hall–Kier alpha value is -2.07. The van der Waals surface area contributed by atoms with Crippen molar-refractivity contribution in [3.05, 3.63) is 64.4 Å². The van der Waals surface area contributed by atoms with E-state index in [1.807, 2.05) is 31.2 Å². The minimum atomic E-state index is -0.466. The molecule has 0 aromatic heterocycles. The van der Waals surface area contributed by atoms with E-state index in [0.29, 0.717) is 13.2 Å². The number of carbonyl (C=O) groups excluding carboxylic acids is 1. The first-order chi connectivity index (χ1) is 10.5. The van der Waals surface area contributed by atoms with Gasteiger partial charge in [0, 0.05) is 7.05 Å². The minimum absolute atomic E-state index is 0.108. The van der Waals surface area contributed by atoms with E-state index in [9.17, 15) is 9.18 Å². The Kier molecular flexibility index (Phi) is 5.39. The molecule has 0 atom stereocenters. The van der Waals surface area contributed by atoms with Gasteiger partial charge >= 0.3 is 0 Å². The maximum absolute atomic E-state index is 13.0. The summed E-state index contributed by atoms with van der Waals surface area (Å²) in [5.74, 6) is 0.0329. The van der Waals surface area contributed by atoms with Crippen LogP contribution in [0.15, 0.2) is 42.5 Å². The number of nitrogens with zero attached hydrogens (tertiary/aromatic N) is 1. The van der Waals surface area contributed by atoms with Gasteiger partial charge in [0.25, 0.3) is 5.91 Å².